The maximum absolute atomic E-state index is 2.98. The number of hydrogen-bond donors (Lipinski definition) is 0. The van der Waals surface area contributed by atoms with Crippen LogP contribution in [-0.2, 0) is 0 Å². The van der Waals surface area contributed by atoms with Crippen molar-refractivity contribution in [3.63, 3.8) is 0 Å². The van der Waals surface area contributed by atoms with Crippen molar-refractivity contribution in [1.29, 1.82) is 0 Å². The molecule has 0 radical (unpaired) electrons. The zero-order valence-electron chi connectivity index (χ0n) is 38.3. The Labute approximate surface area is 407 Å². The first-order valence-corrected chi connectivity index (χ1v) is 26.2. The van der Waals surface area contributed by atoms with Crippen LogP contribution in [0.25, 0.3) is 93.6 Å². The van der Waals surface area contributed by atoms with Gasteiger partial charge < -0.3 is 13.7 Å². The first-order valence-electron chi connectivity index (χ1n) is 24.2. The summed E-state index contributed by atoms with van der Waals surface area (Å²) in [7, 11) is -2.98. The molecule has 0 saturated heterocycles. The first kappa shape index (κ1) is 40.1. The first-order chi connectivity index (χ1) is 34.8. The Morgan fingerprint density at radius 3 is 1.16 bits per heavy atom. The molecule has 0 unspecified atom stereocenters. The highest BCUT2D eigenvalue weighted by Crippen LogP contribution is 2.43. The average molecular weight is 908 g/mol. The third-order valence-electron chi connectivity index (χ3n) is 14.8. The van der Waals surface area contributed by atoms with Crippen molar-refractivity contribution in [3.8, 4) is 28.2 Å². The van der Waals surface area contributed by atoms with Crippen LogP contribution in [0.3, 0.4) is 0 Å². The van der Waals surface area contributed by atoms with Gasteiger partial charge in [0.05, 0.1) is 44.5 Å². The summed E-state index contributed by atoms with van der Waals surface area (Å²) in [4.78, 5) is 0. The summed E-state index contributed by atoms with van der Waals surface area (Å²) >= 11 is 0. The van der Waals surface area contributed by atoms with Gasteiger partial charge in [-0.3, -0.25) is 0 Å². The molecule has 0 aliphatic heterocycles. The summed E-state index contributed by atoms with van der Waals surface area (Å²) in [6, 6.07) is 102. The van der Waals surface area contributed by atoms with Crippen LogP contribution in [0.4, 0.5) is 0 Å². The summed E-state index contributed by atoms with van der Waals surface area (Å²) in [5.41, 5.74) is 12.9. The lowest BCUT2D eigenvalue weighted by atomic mass is 10.0. The molecule has 14 rings (SSSR count). The zero-order chi connectivity index (χ0) is 46.2. The minimum atomic E-state index is -2.98. The van der Waals surface area contributed by atoms with E-state index < -0.39 is 8.07 Å². The number of rotatable bonds is 8. The van der Waals surface area contributed by atoms with Crippen LogP contribution in [0, 0.1) is 0 Å². The molecule has 11 aromatic carbocycles. The van der Waals surface area contributed by atoms with E-state index in [1.54, 1.807) is 0 Å². The number of hydrogen-bond acceptors (Lipinski definition) is 0. The maximum atomic E-state index is 2.57. The molecule has 0 aliphatic carbocycles. The molecule has 0 aliphatic rings. The lowest BCUT2D eigenvalue weighted by Gasteiger charge is -2.36. The molecular formula is C66H45N3Si. The Balaban J connectivity index is 1.13. The summed E-state index contributed by atoms with van der Waals surface area (Å²) < 4.78 is 7.49. The topological polar surface area (TPSA) is 14.8 Å². The smallest absolute Gasteiger partial charge is 0.180 e. The van der Waals surface area contributed by atoms with Crippen LogP contribution in [0.2, 0.25) is 0 Å². The largest absolute Gasteiger partial charge is 0.309 e. The molecule has 328 valence electrons. The van der Waals surface area contributed by atoms with Gasteiger partial charge in [0.1, 0.15) is 0 Å². The molecule has 0 amide bonds. The van der Waals surface area contributed by atoms with Crippen molar-refractivity contribution >= 4 is 94.2 Å². The van der Waals surface area contributed by atoms with Crippen LogP contribution >= 0.6 is 0 Å². The molecule has 0 bridgehead atoms. The van der Waals surface area contributed by atoms with Crippen LogP contribution in [-0.4, -0.2) is 21.8 Å². The molecule has 0 spiro atoms. The van der Waals surface area contributed by atoms with Gasteiger partial charge in [-0.1, -0.05) is 218 Å². The number of fused-ring (bicyclic) bond motifs is 9. The third-order valence-corrected chi connectivity index (χ3v) is 19.6. The summed E-state index contributed by atoms with van der Waals surface area (Å²) in [6.45, 7) is 0. The van der Waals surface area contributed by atoms with E-state index in [9.17, 15) is 0 Å². The normalized spacial score (nSPS) is 12.0. The second-order valence-corrected chi connectivity index (χ2v) is 22.1. The summed E-state index contributed by atoms with van der Waals surface area (Å²) in [5.74, 6) is 0. The van der Waals surface area contributed by atoms with Gasteiger partial charge in [-0.05, 0) is 80.9 Å². The fourth-order valence-electron chi connectivity index (χ4n) is 12.0. The second kappa shape index (κ2) is 16.1. The highest BCUT2D eigenvalue weighted by Gasteiger charge is 2.43. The lowest BCUT2D eigenvalue weighted by Crippen LogP contribution is -2.75. The van der Waals surface area contributed by atoms with Gasteiger partial charge >= 0.3 is 0 Å². The molecule has 3 heterocycles. The van der Waals surface area contributed by atoms with Gasteiger partial charge in [0.2, 0.25) is 0 Å². The highest BCUT2D eigenvalue weighted by molar-refractivity contribution is 7.20. The van der Waals surface area contributed by atoms with E-state index in [1.165, 1.54) is 91.8 Å². The molecule has 0 N–H and O–H groups in total. The molecule has 14 aromatic rings. The van der Waals surface area contributed by atoms with E-state index >= 15 is 0 Å². The summed E-state index contributed by atoms with van der Waals surface area (Å²) in [5, 5.41) is 12.8. The van der Waals surface area contributed by atoms with Crippen molar-refractivity contribution in [2.75, 3.05) is 0 Å². The molecule has 0 atom stereocenters. The summed E-state index contributed by atoms with van der Waals surface area (Å²) in [6.07, 6.45) is 0. The Kier molecular flexibility index (Phi) is 9.23. The minimum Gasteiger partial charge on any atom is -0.309 e. The average Bonchev–Trinajstić information content (AvgIpc) is 4.08. The molecule has 4 heteroatoms. The van der Waals surface area contributed by atoms with E-state index in [0.717, 1.165) is 22.6 Å². The quantitative estimate of drug-likeness (QED) is 0.107. The molecule has 3 aromatic heterocycles. The van der Waals surface area contributed by atoms with Crippen LogP contribution in [0.5, 0.6) is 0 Å². The van der Waals surface area contributed by atoms with Crippen molar-refractivity contribution in [1.82, 2.24) is 13.7 Å². The monoisotopic (exact) mass is 907 g/mol. The van der Waals surface area contributed by atoms with Crippen molar-refractivity contribution in [2.45, 2.75) is 0 Å². The highest BCUT2D eigenvalue weighted by atomic mass is 28.3. The number of benzene rings is 11. The van der Waals surface area contributed by atoms with Crippen molar-refractivity contribution in [2.24, 2.45) is 0 Å². The van der Waals surface area contributed by atoms with Crippen LogP contribution in [0.15, 0.2) is 273 Å². The lowest BCUT2D eigenvalue weighted by molar-refractivity contribution is 1.09. The minimum absolute atomic E-state index is 1.11. The standard InChI is InChI=1S/C66H45N3Si/c1-4-23-47(24-5-1)70(48-25-6-2-7-26-48,49-27-8-3-9-28-49)65-42-21-14-33-54(65)55-34-22-35-56-57-45-46(67-58-36-15-10-29-50(58)51-30-11-16-37-59(51)67)43-44-62(57)69(66(55)56)64-41-20-19-40-63(64)68-60-38-17-12-31-52(60)53-32-13-18-39-61(53)68/h1-45H. The van der Waals surface area contributed by atoms with Gasteiger partial charge in [-0.2, -0.15) is 0 Å². The molecular weight excluding hydrogens is 863 g/mol. The van der Waals surface area contributed by atoms with Gasteiger partial charge in [0.25, 0.3) is 0 Å². The van der Waals surface area contributed by atoms with Crippen LogP contribution in [0.1, 0.15) is 0 Å². The van der Waals surface area contributed by atoms with Crippen molar-refractivity contribution < 1.29 is 0 Å². The van der Waals surface area contributed by atoms with E-state index in [1.807, 2.05) is 0 Å². The van der Waals surface area contributed by atoms with E-state index in [4.69, 9.17) is 0 Å². The molecule has 0 saturated carbocycles. The second-order valence-electron chi connectivity index (χ2n) is 18.4. The fourth-order valence-corrected chi connectivity index (χ4v) is 16.9. The van der Waals surface area contributed by atoms with Gasteiger partial charge in [-0.25, -0.2) is 0 Å². The fraction of sp³-hybridized carbons (Fsp3) is 0. The predicted molar refractivity (Wildman–Crippen MR) is 299 cm³/mol. The Hall–Kier alpha value is -8.96. The van der Waals surface area contributed by atoms with Gasteiger partial charge in [-0.15, -0.1) is 0 Å². The van der Waals surface area contributed by atoms with E-state index in [2.05, 4.69) is 287 Å². The van der Waals surface area contributed by atoms with E-state index in [0.29, 0.717) is 0 Å². The van der Waals surface area contributed by atoms with E-state index in [-0.39, 0.29) is 0 Å². The number of aromatic nitrogens is 3. The zero-order valence-corrected chi connectivity index (χ0v) is 39.3. The Bertz CT molecular complexity index is 4090. The third kappa shape index (κ3) is 5.87. The van der Waals surface area contributed by atoms with Gasteiger partial charge in [0, 0.05) is 43.6 Å². The van der Waals surface area contributed by atoms with Crippen LogP contribution < -0.4 is 20.7 Å². The Morgan fingerprint density at radius 2 is 0.629 bits per heavy atom. The predicted octanol–water partition coefficient (Wildman–Crippen LogP) is 14.0. The van der Waals surface area contributed by atoms with Crippen molar-refractivity contribution in [3.05, 3.63) is 273 Å². The molecule has 0 fully saturated rings. The Morgan fingerprint density at radius 1 is 0.243 bits per heavy atom. The SMILES string of the molecule is c1ccc([Si](c2ccccc2)(c2ccccc2)c2ccccc2-c2cccc3c4cc(-n5c6ccccc6c6ccccc65)ccc4n(-c4ccccc4-n4c5ccccc5c5ccccc54)c23)cc1. The molecule has 3 nitrogen and oxygen atoms in total. The maximum Gasteiger partial charge on any atom is 0.180 e. The number of nitrogens with zero attached hydrogens (tertiary/aromatic N) is 3. The molecule has 70 heavy (non-hydrogen) atoms. The van der Waals surface area contributed by atoms with Gasteiger partial charge in [0.15, 0.2) is 8.07 Å². The number of para-hydroxylation sites is 7.